The minimum atomic E-state index is -0.631. The molecule has 1 saturated heterocycles. The third kappa shape index (κ3) is 3.14. The zero-order chi connectivity index (χ0) is 17.3. The highest BCUT2D eigenvalue weighted by molar-refractivity contribution is 5.72. The lowest BCUT2D eigenvalue weighted by molar-refractivity contribution is -0.0417. The fourth-order valence-corrected chi connectivity index (χ4v) is 3.20. The summed E-state index contributed by atoms with van der Waals surface area (Å²) in [6.07, 6.45) is 2.66. The molecule has 3 rings (SSSR count). The van der Waals surface area contributed by atoms with Gasteiger partial charge in [-0.25, -0.2) is 15.0 Å². The van der Waals surface area contributed by atoms with Gasteiger partial charge in [-0.3, -0.25) is 4.57 Å². The van der Waals surface area contributed by atoms with Gasteiger partial charge >= 0.3 is 0 Å². The van der Waals surface area contributed by atoms with Crippen molar-refractivity contribution in [2.45, 2.75) is 38.7 Å². The Bertz CT molecular complexity index is 691. The largest absolute Gasteiger partial charge is 0.396 e. The van der Waals surface area contributed by atoms with E-state index in [-0.39, 0.29) is 18.6 Å². The quantitative estimate of drug-likeness (QED) is 0.786. The summed E-state index contributed by atoms with van der Waals surface area (Å²) in [7, 11) is 1.99. The van der Waals surface area contributed by atoms with Gasteiger partial charge < -0.3 is 19.8 Å². The number of hydrogen-bond donors (Lipinski definition) is 2. The first-order chi connectivity index (χ1) is 11.5. The predicted octanol–water partition coefficient (Wildman–Crippen LogP) is 0.343. The molecule has 2 aromatic rings. The van der Waals surface area contributed by atoms with Crippen LogP contribution in [0.4, 0.5) is 0 Å². The molecule has 2 N–H and O–H groups in total. The fourth-order valence-electron chi connectivity index (χ4n) is 3.20. The van der Waals surface area contributed by atoms with Crippen LogP contribution in [-0.4, -0.2) is 73.6 Å². The summed E-state index contributed by atoms with van der Waals surface area (Å²) < 4.78 is 7.93. The molecule has 0 bridgehead atoms. The second kappa shape index (κ2) is 7.10. The summed E-state index contributed by atoms with van der Waals surface area (Å²) in [4.78, 5) is 14.9. The van der Waals surface area contributed by atoms with Gasteiger partial charge in [0.15, 0.2) is 11.9 Å². The molecule has 132 valence electrons. The molecule has 4 atom stereocenters. The van der Waals surface area contributed by atoms with E-state index < -0.39 is 12.3 Å². The van der Waals surface area contributed by atoms with Gasteiger partial charge in [0.2, 0.25) is 0 Å². The van der Waals surface area contributed by atoms with E-state index in [1.165, 1.54) is 6.33 Å². The van der Waals surface area contributed by atoms with Crippen molar-refractivity contribution in [3.63, 3.8) is 0 Å². The first kappa shape index (κ1) is 17.2. The lowest BCUT2D eigenvalue weighted by Crippen LogP contribution is -2.34. The number of likely N-dealkylation sites (N-methyl/N-ethyl adjacent to an activating group) is 1. The van der Waals surface area contributed by atoms with Gasteiger partial charge in [-0.1, -0.05) is 6.92 Å². The fraction of sp³-hybridized carbons (Fsp3) is 0.688. The second-order valence-electron chi connectivity index (χ2n) is 6.54. The molecule has 8 nitrogen and oxygen atoms in total. The lowest BCUT2D eigenvalue weighted by Gasteiger charge is -2.23. The van der Waals surface area contributed by atoms with Gasteiger partial charge in [0.05, 0.1) is 18.1 Å². The second-order valence-corrected chi connectivity index (χ2v) is 6.54. The number of aromatic nitrogens is 4. The minimum Gasteiger partial charge on any atom is -0.396 e. The number of aryl methyl sites for hydroxylation is 1. The van der Waals surface area contributed by atoms with E-state index in [0.29, 0.717) is 12.2 Å². The number of imidazole rings is 1. The van der Waals surface area contributed by atoms with Crippen LogP contribution in [0.25, 0.3) is 11.2 Å². The molecule has 0 spiro atoms. The van der Waals surface area contributed by atoms with Gasteiger partial charge in [-0.15, -0.1) is 0 Å². The number of nitrogens with zero attached hydrogens (tertiary/aromatic N) is 5. The molecular formula is C16H25N5O3. The molecule has 2 aromatic heterocycles. The molecule has 0 saturated carbocycles. The van der Waals surface area contributed by atoms with Gasteiger partial charge in [0, 0.05) is 25.6 Å². The van der Waals surface area contributed by atoms with E-state index in [1.807, 2.05) is 20.9 Å². The van der Waals surface area contributed by atoms with Crippen molar-refractivity contribution in [3.05, 3.63) is 18.3 Å². The summed E-state index contributed by atoms with van der Waals surface area (Å²) >= 11 is 0. The van der Waals surface area contributed by atoms with Gasteiger partial charge in [0.25, 0.3) is 0 Å². The monoisotopic (exact) mass is 335 g/mol. The highest BCUT2D eigenvalue weighted by Crippen LogP contribution is 2.35. The smallest absolute Gasteiger partial charge is 0.165 e. The zero-order valence-electron chi connectivity index (χ0n) is 14.3. The number of hydrogen-bond acceptors (Lipinski definition) is 7. The first-order valence-electron chi connectivity index (χ1n) is 8.30. The Morgan fingerprint density at radius 1 is 1.33 bits per heavy atom. The Morgan fingerprint density at radius 3 is 2.88 bits per heavy atom. The van der Waals surface area contributed by atoms with Crippen molar-refractivity contribution < 1.29 is 14.9 Å². The first-order valence-corrected chi connectivity index (χ1v) is 8.30. The van der Waals surface area contributed by atoms with Crippen LogP contribution >= 0.6 is 0 Å². The molecule has 3 heterocycles. The van der Waals surface area contributed by atoms with Crippen molar-refractivity contribution in [2.75, 3.05) is 26.7 Å². The molecule has 0 aliphatic carbocycles. The molecule has 1 fully saturated rings. The predicted molar refractivity (Wildman–Crippen MR) is 88.3 cm³/mol. The lowest BCUT2D eigenvalue weighted by atomic mass is 10.00. The van der Waals surface area contributed by atoms with E-state index >= 15 is 0 Å². The highest BCUT2D eigenvalue weighted by Gasteiger charge is 2.42. The van der Waals surface area contributed by atoms with Gasteiger partial charge in [-0.05, 0) is 20.4 Å². The summed E-state index contributed by atoms with van der Waals surface area (Å²) in [6, 6.07) is 0. The number of aliphatic hydroxyl groups excluding tert-OH is 2. The number of fused-ring (bicyclic) bond motifs is 1. The summed E-state index contributed by atoms with van der Waals surface area (Å²) in [5.41, 5.74) is 2.21. The van der Waals surface area contributed by atoms with Crippen LogP contribution < -0.4 is 0 Å². The Hall–Kier alpha value is -1.61. The van der Waals surface area contributed by atoms with E-state index in [1.54, 1.807) is 10.9 Å². The standard InChI is InChI=1S/C16H25N5O3/c1-10-12(7-20(3)5-4-6-22)24-16(14(10)23)21-9-19-13-11(2)17-8-18-15(13)21/h8-10,12,14,16,22-23H,4-7H2,1-3H3/t10?,12-,14+,16-/m1/s1. The van der Waals surface area contributed by atoms with Crippen molar-refractivity contribution in [1.82, 2.24) is 24.4 Å². The van der Waals surface area contributed by atoms with Crippen molar-refractivity contribution in [2.24, 2.45) is 5.92 Å². The summed E-state index contributed by atoms with van der Waals surface area (Å²) in [5.74, 6) is -0.00744. The Morgan fingerprint density at radius 2 is 2.12 bits per heavy atom. The molecule has 0 aromatic carbocycles. The molecule has 1 aliphatic rings. The molecule has 1 aliphatic heterocycles. The molecule has 24 heavy (non-hydrogen) atoms. The molecule has 0 radical (unpaired) electrons. The summed E-state index contributed by atoms with van der Waals surface area (Å²) in [6.45, 7) is 5.56. The molecule has 8 heteroatoms. The van der Waals surface area contributed by atoms with Crippen molar-refractivity contribution in [1.29, 1.82) is 0 Å². The zero-order valence-corrected chi connectivity index (χ0v) is 14.3. The number of rotatable bonds is 6. The van der Waals surface area contributed by atoms with E-state index in [4.69, 9.17) is 9.84 Å². The SMILES string of the molecule is Cc1ncnc2c1ncn2[C@@H]1O[C@H](CN(C)CCCO)C(C)[C@@H]1O. The maximum absolute atomic E-state index is 10.6. The van der Waals surface area contributed by atoms with Crippen molar-refractivity contribution >= 4 is 11.2 Å². The minimum absolute atomic E-state index is 0.00744. The summed E-state index contributed by atoms with van der Waals surface area (Å²) in [5, 5.41) is 19.6. The van der Waals surface area contributed by atoms with E-state index in [0.717, 1.165) is 24.2 Å². The van der Waals surface area contributed by atoms with Crippen LogP contribution in [-0.2, 0) is 4.74 Å². The number of ether oxygens (including phenoxy) is 1. The normalized spacial score (nSPS) is 27.4. The third-order valence-electron chi connectivity index (χ3n) is 4.74. The average molecular weight is 335 g/mol. The Balaban J connectivity index is 1.78. The van der Waals surface area contributed by atoms with E-state index in [2.05, 4.69) is 19.9 Å². The number of aliphatic hydroxyl groups is 2. The maximum atomic E-state index is 10.6. The topological polar surface area (TPSA) is 96.5 Å². The average Bonchev–Trinajstić information content (AvgIpc) is 3.10. The van der Waals surface area contributed by atoms with Crippen LogP contribution in [0.3, 0.4) is 0 Å². The maximum Gasteiger partial charge on any atom is 0.165 e. The van der Waals surface area contributed by atoms with Crippen LogP contribution in [0, 0.1) is 12.8 Å². The van der Waals surface area contributed by atoms with Crippen LogP contribution in [0.2, 0.25) is 0 Å². The van der Waals surface area contributed by atoms with Crippen LogP contribution in [0.15, 0.2) is 12.7 Å². The van der Waals surface area contributed by atoms with Crippen LogP contribution in [0.5, 0.6) is 0 Å². The van der Waals surface area contributed by atoms with Gasteiger partial charge in [-0.2, -0.15) is 0 Å². The Kier molecular flexibility index (Phi) is 5.09. The van der Waals surface area contributed by atoms with Gasteiger partial charge in [0.1, 0.15) is 17.9 Å². The highest BCUT2D eigenvalue weighted by atomic mass is 16.5. The van der Waals surface area contributed by atoms with Crippen LogP contribution in [0.1, 0.15) is 25.3 Å². The van der Waals surface area contributed by atoms with Crippen molar-refractivity contribution in [3.8, 4) is 0 Å². The molecule has 1 unspecified atom stereocenters. The Labute approximate surface area is 141 Å². The molecule has 0 amide bonds. The third-order valence-corrected chi connectivity index (χ3v) is 4.74. The molecular weight excluding hydrogens is 310 g/mol. The van der Waals surface area contributed by atoms with E-state index in [9.17, 15) is 5.11 Å².